The summed E-state index contributed by atoms with van der Waals surface area (Å²) in [5.41, 5.74) is 1.59. The molecule has 4 rings (SSSR count). The molecule has 135 valence electrons. The van der Waals surface area contributed by atoms with Crippen LogP contribution in [0.3, 0.4) is 0 Å². The first-order chi connectivity index (χ1) is 13.2. The van der Waals surface area contributed by atoms with Gasteiger partial charge in [0.05, 0.1) is 6.26 Å². The minimum absolute atomic E-state index is 0.424. The van der Waals surface area contributed by atoms with Gasteiger partial charge in [0, 0.05) is 49.0 Å². The van der Waals surface area contributed by atoms with Gasteiger partial charge in [0.2, 0.25) is 0 Å². The quantitative estimate of drug-likeness (QED) is 0.470. The lowest BCUT2D eigenvalue weighted by atomic mass is 9.72. The smallest absolute Gasteiger partial charge is 0.105 e. The second-order valence-corrected chi connectivity index (χ2v) is 6.75. The fraction of sp³-hybridized carbons (Fsp3) is 0.174. The van der Waals surface area contributed by atoms with E-state index in [1.165, 1.54) is 0 Å². The van der Waals surface area contributed by atoms with Crippen LogP contribution in [0.25, 0.3) is 0 Å². The van der Waals surface area contributed by atoms with Crippen LogP contribution >= 0.6 is 0 Å². The van der Waals surface area contributed by atoms with Gasteiger partial charge in [-0.25, -0.2) is 0 Å². The second-order valence-electron chi connectivity index (χ2n) is 6.75. The van der Waals surface area contributed by atoms with Crippen LogP contribution in [0.1, 0.15) is 28.5 Å². The molecule has 0 aliphatic rings. The number of nitrogens with zero attached hydrogens (tertiary/aromatic N) is 2. The lowest BCUT2D eigenvalue weighted by molar-refractivity contribution is 0.375. The molecule has 0 amide bonds. The van der Waals surface area contributed by atoms with Crippen LogP contribution < -0.4 is 0 Å². The van der Waals surface area contributed by atoms with E-state index in [9.17, 15) is 0 Å². The molecule has 4 aromatic heterocycles. The van der Waals surface area contributed by atoms with Gasteiger partial charge >= 0.3 is 0 Å². The number of rotatable bonds is 7. The maximum absolute atomic E-state index is 5.92. The first-order valence-corrected chi connectivity index (χ1v) is 8.99. The Morgan fingerprint density at radius 2 is 1.85 bits per heavy atom. The van der Waals surface area contributed by atoms with Crippen molar-refractivity contribution in [3.8, 4) is 0 Å². The van der Waals surface area contributed by atoms with E-state index in [2.05, 4.69) is 23.5 Å². The summed E-state index contributed by atoms with van der Waals surface area (Å²) in [6.07, 6.45) is 10.8. The SMILES string of the molecule is Cc1ccc(CC([CH]c2cccnc2)(Cc2ccco2)c2ccccn2)o1. The Bertz CT molecular complexity index is 962. The third kappa shape index (κ3) is 4.00. The van der Waals surface area contributed by atoms with E-state index in [1.54, 1.807) is 12.5 Å². The van der Waals surface area contributed by atoms with Gasteiger partial charge < -0.3 is 8.83 Å². The summed E-state index contributed by atoms with van der Waals surface area (Å²) < 4.78 is 11.6. The van der Waals surface area contributed by atoms with Crippen LogP contribution in [0, 0.1) is 13.3 Å². The number of furan rings is 2. The van der Waals surface area contributed by atoms with Crippen molar-refractivity contribution >= 4 is 0 Å². The minimum atomic E-state index is -0.424. The van der Waals surface area contributed by atoms with Gasteiger partial charge in [-0.2, -0.15) is 0 Å². The number of aromatic nitrogens is 2. The van der Waals surface area contributed by atoms with Gasteiger partial charge in [0.15, 0.2) is 0 Å². The van der Waals surface area contributed by atoms with Gasteiger partial charge in [-0.1, -0.05) is 12.1 Å². The fourth-order valence-corrected chi connectivity index (χ4v) is 3.47. The Balaban J connectivity index is 1.81. The molecule has 0 N–H and O–H groups in total. The highest BCUT2D eigenvalue weighted by Crippen LogP contribution is 2.37. The molecule has 0 aliphatic heterocycles. The van der Waals surface area contributed by atoms with Gasteiger partial charge in [-0.05, 0) is 55.0 Å². The van der Waals surface area contributed by atoms with Gasteiger partial charge in [0.1, 0.15) is 17.3 Å². The highest BCUT2D eigenvalue weighted by Gasteiger charge is 2.37. The number of hydrogen-bond donors (Lipinski definition) is 0. The molecule has 0 saturated carbocycles. The van der Waals surface area contributed by atoms with Gasteiger partial charge in [-0.15, -0.1) is 0 Å². The molecular weight excluding hydrogens is 336 g/mol. The normalized spacial score (nSPS) is 13.4. The molecule has 1 radical (unpaired) electrons. The predicted molar refractivity (Wildman–Crippen MR) is 103 cm³/mol. The van der Waals surface area contributed by atoms with Crippen molar-refractivity contribution in [1.82, 2.24) is 9.97 Å². The van der Waals surface area contributed by atoms with Crippen LogP contribution in [-0.4, -0.2) is 9.97 Å². The minimum Gasteiger partial charge on any atom is -0.469 e. The maximum atomic E-state index is 5.92. The molecule has 0 saturated heterocycles. The Morgan fingerprint density at radius 3 is 2.52 bits per heavy atom. The van der Waals surface area contributed by atoms with E-state index < -0.39 is 5.41 Å². The lowest BCUT2D eigenvalue weighted by Gasteiger charge is -2.32. The number of aryl methyl sites for hydroxylation is 1. The summed E-state index contributed by atoms with van der Waals surface area (Å²) in [6, 6.07) is 18.0. The standard InChI is InChI=1S/C23H21N2O2/c1-18-9-10-21(27-18)16-23(15-20-7-5-13-26-20,22-8-2-3-12-25-22)14-19-6-4-11-24-17-19/h2-14,17H,15-16H2,1H3. The van der Waals surface area contributed by atoms with Crippen LogP contribution in [0.4, 0.5) is 0 Å². The van der Waals surface area contributed by atoms with E-state index in [0.29, 0.717) is 12.8 Å². The highest BCUT2D eigenvalue weighted by atomic mass is 16.3. The topological polar surface area (TPSA) is 52.1 Å². The van der Waals surface area contributed by atoms with Crippen molar-refractivity contribution in [3.63, 3.8) is 0 Å². The Morgan fingerprint density at radius 1 is 0.926 bits per heavy atom. The summed E-state index contributed by atoms with van der Waals surface area (Å²) in [5, 5.41) is 0. The second kappa shape index (κ2) is 7.62. The largest absolute Gasteiger partial charge is 0.469 e. The van der Waals surface area contributed by atoms with E-state index >= 15 is 0 Å². The van der Waals surface area contributed by atoms with Crippen LogP contribution in [-0.2, 0) is 18.3 Å². The van der Waals surface area contributed by atoms with Crippen molar-refractivity contribution in [2.75, 3.05) is 0 Å². The zero-order valence-electron chi connectivity index (χ0n) is 15.2. The molecule has 0 fully saturated rings. The van der Waals surface area contributed by atoms with Gasteiger partial charge in [-0.3, -0.25) is 9.97 Å². The Labute approximate surface area is 158 Å². The maximum Gasteiger partial charge on any atom is 0.105 e. The van der Waals surface area contributed by atoms with Crippen molar-refractivity contribution in [2.45, 2.75) is 25.2 Å². The van der Waals surface area contributed by atoms with Crippen LogP contribution in [0.15, 0.2) is 88.3 Å². The molecule has 0 aromatic carbocycles. The number of pyridine rings is 2. The summed E-state index contributed by atoms with van der Waals surface area (Å²) >= 11 is 0. The summed E-state index contributed by atoms with van der Waals surface area (Å²) in [6.45, 7) is 1.96. The number of hydrogen-bond acceptors (Lipinski definition) is 4. The summed E-state index contributed by atoms with van der Waals surface area (Å²) in [5.74, 6) is 2.73. The Hall–Kier alpha value is -3.14. The predicted octanol–water partition coefficient (Wildman–Crippen LogP) is 4.95. The van der Waals surface area contributed by atoms with Crippen molar-refractivity contribution in [2.24, 2.45) is 0 Å². The molecule has 0 spiro atoms. The molecule has 27 heavy (non-hydrogen) atoms. The molecule has 1 unspecified atom stereocenters. The van der Waals surface area contributed by atoms with Crippen molar-refractivity contribution in [1.29, 1.82) is 0 Å². The summed E-state index contributed by atoms with van der Waals surface area (Å²) in [7, 11) is 0. The van der Waals surface area contributed by atoms with Crippen molar-refractivity contribution < 1.29 is 8.83 Å². The fourth-order valence-electron chi connectivity index (χ4n) is 3.47. The van der Waals surface area contributed by atoms with Gasteiger partial charge in [0.25, 0.3) is 0 Å². The third-order valence-electron chi connectivity index (χ3n) is 4.66. The third-order valence-corrected chi connectivity index (χ3v) is 4.66. The average molecular weight is 357 g/mol. The first-order valence-electron chi connectivity index (χ1n) is 8.99. The monoisotopic (exact) mass is 357 g/mol. The van der Waals surface area contributed by atoms with E-state index in [1.807, 2.05) is 61.8 Å². The lowest BCUT2D eigenvalue weighted by Crippen LogP contribution is -2.33. The van der Waals surface area contributed by atoms with E-state index in [-0.39, 0.29) is 0 Å². The summed E-state index contributed by atoms with van der Waals surface area (Å²) in [4.78, 5) is 8.97. The zero-order valence-corrected chi connectivity index (χ0v) is 15.2. The molecule has 4 nitrogen and oxygen atoms in total. The van der Waals surface area contributed by atoms with Crippen molar-refractivity contribution in [3.05, 3.63) is 114 Å². The molecule has 0 aliphatic carbocycles. The average Bonchev–Trinajstić information content (AvgIpc) is 3.35. The van der Waals surface area contributed by atoms with Crippen LogP contribution in [0.2, 0.25) is 0 Å². The Kier molecular flexibility index (Phi) is 4.88. The van der Waals surface area contributed by atoms with E-state index in [0.717, 1.165) is 28.5 Å². The molecule has 4 aromatic rings. The molecular formula is C23H21N2O2. The molecule has 4 heteroatoms. The molecule has 0 bridgehead atoms. The molecule has 1 atom stereocenters. The zero-order chi connectivity index (χ0) is 18.5. The van der Waals surface area contributed by atoms with Crippen LogP contribution in [0.5, 0.6) is 0 Å². The first kappa shape index (κ1) is 17.3. The van der Waals surface area contributed by atoms with E-state index in [4.69, 9.17) is 13.8 Å². The highest BCUT2D eigenvalue weighted by molar-refractivity contribution is 5.36. The molecule has 4 heterocycles.